The summed E-state index contributed by atoms with van der Waals surface area (Å²) in [6.07, 6.45) is 6.92. The van der Waals surface area contributed by atoms with E-state index in [1.807, 2.05) is 71.6 Å². The van der Waals surface area contributed by atoms with Gasteiger partial charge in [-0.3, -0.25) is 9.69 Å². The van der Waals surface area contributed by atoms with E-state index in [1.165, 1.54) is 11.8 Å². The van der Waals surface area contributed by atoms with Crippen LogP contribution in [-0.4, -0.2) is 50.8 Å². The number of benzene rings is 2. The van der Waals surface area contributed by atoms with E-state index in [9.17, 15) is 4.79 Å². The fourth-order valence-corrected chi connectivity index (χ4v) is 5.61. The molecule has 2 aliphatic heterocycles. The molecule has 0 N–H and O–H groups in total. The summed E-state index contributed by atoms with van der Waals surface area (Å²) in [6, 6.07) is 17.9. The maximum absolute atomic E-state index is 13.3. The van der Waals surface area contributed by atoms with Crippen molar-refractivity contribution in [3.63, 3.8) is 0 Å². The molecule has 0 radical (unpaired) electrons. The molecule has 0 aliphatic carbocycles. The Morgan fingerprint density at radius 1 is 1.19 bits per heavy atom. The molecule has 2 fully saturated rings. The van der Waals surface area contributed by atoms with Crippen LogP contribution in [0.1, 0.15) is 38.7 Å². The number of hydrogen-bond donors (Lipinski definition) is 0. The van der Waals surface area contributed by atoms with E-state index in [1.54, 1.807) is 4.90 Å². The molecule has 1 atom stereocenters. The van der Waals surface area contributed by atoms with E-state index in [0.717, 1.165) is 54.1 Å². The Balaban J connectivity index is 1.43. The van der Waals surface area contributed by atoms with Crippen LogP contribution in [0.4, 0.5) is 0 Å². The van der Waals surface area contributed by atoms with E-state index in [4.69, 9.17) is 26.8 Å². The van der Waals surface area contributed by atoms with Crippen molar-refractivity contribution in [3.8, 4) is 22.7 Å². The summed E-state index contributed by atoms with van der Waals surface area (Å²) in [7, 11) is 0. The fourth-order valence-electron chi connectivity index (χ4n) is 4.34. The first-order valence-corrected chi connectivity index (χ1v) is 14.0. The zero-order chi connectivity index (χ0) is 25.8. The molecule has 1 aromatic heterocycles. The van der Waals surface area contributed by atoms with Crippen molar-refractivity contribution in [1.29, 1.82) is 0 Å². The summed E-state index contributed by atoms with van der Waals surface area (Å²) in [5, 5.41) is 4.90. The normalized spacial score (nSPS) is 18.9. The van der Waals surface area contributed by atoms with Crippen LogP contribution in [0.5, 0.6) is 5.75 Å². The number of rotatable bonds is 9. The Labute approximate surface area is 227 Å². The molecule has 2 aromatic carbocycles. The number of hydrogen-bond acceptors (Lipinski definition) is 6. The Bertz CT molecular complexity index is 1280. The number of aromatic nitrogens is 2. The average molecular weight is 534 g/mol. The molecular weight excluding hydrogens is 502 g/mol. The number of para-hydroxylation sites is 1. The van der Waals surface area contributed by atoms with E-state index >= 15 is 0 Å². The molecule has 0 bridgehead atoms. The summed E-state index contributed by atoms with van der Waals surface area (Å²) >= 11 is 6.89. The Kier molecular flexibility index (Phi) is 8.08. The molecule has 2 aliphatic rings. The molecule has 3 heterocycles. The average Bonchev–Trinajstić information content (AvgIpc) is 3.62. The third-order valence-electron chi connectivity index (χ3n) is 6.43. The summed E-state index contributed by atoms with van der Waals surface area (Å²) in [5.41, 5.74) is 3.55. The highest BCUT2D eigenvalue weighted by Crippen LogP contribution is 2.36. The summed E-state index contributed by atoms with van der Waals surface area (Å²) in [4.78, 5) is 15.6. The molecular formula is C29H31N3O3S2. The zero-order valence-corrected chi connectivity index (χ0v) is 22.8. The third-order valence-corrected chi connectivity index (χ3v) is 7.80. The van der Waals surface area contributed by atoms with E-state index in [0.29, 0.717) is 28.3 Å². The molecule has 0 saturated carbocycles. The molecule has 1 unspecified atom stereocenters. The lowest BCUT2D eigenvalue weighted by Gasteiger charge is -2.18. The van der Waals surface area contributed by atoms with Gasteiger partial charge in [-0.1, -0.05) is 56.0 Å². The van der Waals surface area contributed by atoms with Crippen molar-refractivity contribution in [2.45, 2.75) is 39.2 Å². The van der Waals surface area contributed by atoms with E-state index in [-0.39, 0.29) is 12.0 Å². The first kappa shape index (κ1) is 25.7. The van der Waals surface area contributed by atoms with Crippen LogP contribution in [-0.2, 0) is 9.53 Å². The highest BCUT2D eigenvalue weighted by Gasteiger charge is 2.35. The summed E-state index contributed by atoms with van der Waals surface area (Å²) < 4.78 is 14.1. The van der Waals surface area contributed by atoms with Crippen LogP contribution in [0.2, 0.25) is 0 Å². The third kappa shape index (κ3) is 6.14. The molecule has 1 amide bonds. The van der Waals surface area contributed by atoms with Gasteiger partial charge in [-0.05, 0) is 67.7 Å². The van der Waals surface area contributed by atoms with Gasteiger partial charge in [0.2, 0.25) is 0 Å². The van der Waals surface area contributed by atoms with Crippen LogP contribution in [0, 0.1) is 5.92 Å². The summed E-state index contributed by atoms with van der Waals surface area (Å²) in [5.74, 6) is 1.36. The predicted molar refractivity (Wildman–Crippen MR) is 153 cm³/mol. The highest BCUT2D eigenvalue weighted by atomic mass is 32.2. The second-order valence-electron chi connectivity index (χ2n) is 9.70. The van der Waals surface area contributed by atoms with Crippen molar-refractivity contribution >= 4 is 40.3 Å². The second kappa shape index (κ2) is 11.6. The van der Waals surface area contributed by atoms with Gasteiger partial charge < -0.3 is 9.47 Å². The maximum Gasteiger partial charge on any atom is 0.266 e. The number of amides is 1. The van der Waals surface area contributed by atoms with Crippen LogP contribution in [0.25, 0.3) is 23.0 Å². The number of carbonyl (C=O) groups is 1. The quantitative estimate of drug-likeness (QED) is 0.236. The number of thioether (sulfide) groups is 1. The van der Waals surface area contributed by atoms with Gasteiger partial charge in [0.05, 0.1) is 35.5 Å². The number of carbonyl (C=O) groups excluding carboxylic acids is 1. The zero-order valence-electron chi connectivity index (χ0n) is 21.1. The van der Waals surface area contributed by atoms with Gasteiger partial charge >= 0.3 is 0 Å². The van der Waals surface area contributed by atoms with Gasteiger partial charge in [0.1, 0.15) is 10.1 Å². The minimum absolute atomic E-state index is 0.0551. The Morgan fingerprint density at radius 3 is 2.68 bits per heavy atom. The molecule has 3 aromatic rings. The molecule has 192 valence electrons. The molecule has 37 heavy (non-hydrogen) atoms. The molecule has 2 saturated heterocycles. The van der Waals surface area contributed by atoms with Crippen LogP contribution >= 0.6 is 24.0 Å². The number of thiocarbonyl (C=S) groups is 1. The van der Waals surface area contributed by atoms with Crippen LogP contribution in [0.15, 0.2) is 65.7 Å². The lowest BCUT2D eigenvalue weighted by atomic mass is 10.1. The predicted octanol–water partition coefficient (Wildman–Crippen LogP) is 6.34. The topological polar surface area (TPSA) is 56.6 Å². The molecule has 0 spiro atoms. The van der Waals surface area contributed by atoms with Gasteiger partial charge in [-0.2, -0.15) is 5.10 Å². The van der Waals surface area contributed by atoms with E-state index < -0.39 is 0 Å². The maximum atomic E-state index is 13.3. The van der Waals surface area contributed by atoms with Gasteiger partial charge in [0.15, 0.2) is 0 Å². The molecule has 6 nitrogen and oxygen atoms in total. The standard InChI is InChI=1S/C29H31N3O3S2/c1-20(2)14-16-35-24-12-10-21(11-13-24)27-22(18-32(30-27)23-7-4-3-5-8-23)17-26-28(33)31(29(36)37-26)19-25-9-6-15-34-25/h3-5,7-8,10-13,17-18,20,25H,6,9,14-16,19H2,1-2H3. The lowest BCUT2D eigenvalue weighted by Crippen LogP contribution is -2.35. The van der Waals surface area contributed by atoms with Gasteiger partial charge in [0.25, 0.3) is 5.91 Å². The Hall–Kier alpha value is -2.94. The van der Waals surface area contributed by atoms with Gasteiger partial charge in [0, 0.05) is 23.9 Å². The van der Waals surface area contributed by atoms with Gasteiger partial charge in [-0.25, -0.2) is 4.68 Å². The van der Waals surface area contributed by atoms with E-state index in [2.05, 4.69) is 13.8 Å². The van der Waals surface area contributed by atoms with Crippen molar-refractivity contribution < 1.29 is 14.3 Å². The smallest absolute Gasteiger partial charge is 0.266 e. The second-order valence-corrected chi connectivity index (χ2v) is 11.4. The SMILES string of the molecule is CC(C)CCOc1ccc(-c2nn(-c3ccccc3)cc2C=C2SC(=S)N(CC3CCCO3)C2=O)cc1. The minimum atomic E-state index is -0.0715. The van der Waals surface area contributed by atoms with Gasteiger partial charge in [-0.15, -0.1) is 0 Å². The van der Waals surface area contributed by atoms with Crippen molar-refractivity contribution in [2.24, 2.45) is 5.92 Å². The minimum Gasteiger partial charge on any atom is -0.494 e. The fraction of sp³-hybridized carbons (Fsp3) is 0.345. The lowest BCUT2D eigenvalue weighted by molar-refractivity contribution is -0.123. The van der Waals surface area contributed by atoms with Crippen LogP contribution < -0.4 is 4.74 Å². The first-order valence-electron chi connectivity index (χ1n) is 12.7. The Morgan fingerprint density at radius 2 is 1.97 bits per heavy atom. The van der Waals surface area contributed by atoms with Crippen molar-refractivity contribution in [3.05, 3.63) is 71.3 Å². The summed E-state index contributed by atoms with van der Waals surface area (Å²) in [6.45, 7) is 6.33. The molecule has 5 rings (SSSR count). The molecule has 8 heteroatoms. The number of ether oxygens (including phenoxy) is 2. The largest absolute Gasteiger partial charge is 0.494 e. The first-order chi connectivity index (χ1) is 18.0. The number of nitrogens with zero attached hydrogens (tertiary/aromatic N) is 3. The highest BCUT2D eigenvalue weighted by molar-refractivity contribution is 8.26. The van der Waals surface area contributed by atoms with Crippen molar-refractivity contribution in [1.82, 2.24) is 14.7 Å². The monoisotopic (exact) mass is 533 g/mol. The van der Waals surface area contributed by atoms with Crippen molar-refractivity contribution in [2.75, 3.05) is 19.8 Å². The van der Waals surface area contributed by atoms with Crippen LogP contribution in [0.3, 0.4) is 0 Å².